The Balaban J connectivity index is 1.74. The lowest BCUT2D eigenvalue weighted by Crippen LogP contribution is -2.46. The Morgan fingerprint density at radius 1 is 1.31 bits per heavy atom. The Morgan fingerprint density at radius 2 is 2.12 bits per heavy atom. The SMILES string of the molecule is C[C@@H]1CC[C@H](NC[C@]2(O)CCSC2)C[C@@H]1C. The fourth-order valence-corrected chi connectivity index (χ4v) is 4.10. The Bertz CT molecular complexity index is 228. The molecule has 2 aliphatic rings. The molecule has 0 spiro atoms. The highest BCUT2D eigenvalue weighted by Crippen LogP contribution is 2.31. The van der Waals surface area contributed by atoms with E-state index in [0.29, 0.717) is 6.04 Å². The third kappa shape index (κ3) is 3.14. The van der Waals surface area contributed by atoms with E-state index in [2.05, 4.69) is 19.2 Å². The second kappa shape index (κ2) is 5.28. The van der Waals surface area contributed by atoms with Gasteiger partial charge in [-0.25, -0.2) is 0 Å². The molecule has 3 heteroatoms. The molecule has 2 fully saturated rings. The van der Waals surface area contributed by atoms with Gasteiger partial charge in [0, 0.05) is 18.3 Å². The van der Waals surface area contributed by atoms with Gasteiger partial charge in [0.25, 0.3) is 0 Å². The normalized spacial score (nSPS) is 44.8. The molecule has 2 N–H and O–H groups in total. The standard InChI is InChI=1S/C13H25NOS/c1-10-3-4-12(7-11(10)2)14-8-13(15)5-6-16-9-13/h10-12,14-15H,3-9H2,1-2H3/t10-,11+,12+,13-/m1/s1. The van der Waals surface area contributed by atoms with Crippen molar-refractivity contribution in [1.82, 2.24) is 5.32 Å². The molecule has 4 atom stereocenters. The second-order valence-electron chi connectivity index (χ2n) is 5.87. The van der Waals surface area contributed by atoms with Gasteiger partial charge < -0.3 is 10.4 Å². The minimum Gasteiger partial charge on any atom is -0.388 e. The monoisotopic (exact) mass is 243 g/mol. The van der Waals surface area contributed by atoms with Gasteiger partial charge in [-0.05, 0) is 43.3 Å². The van der Waals surface area contributed by atoms with Crippen LogP contribution in [-0.4, -0.2) is 34.8 Å². The average molecular weight is 243 g/mol. The van der Waals surface area contributed by atoms with E-state index in [-0.39, 0.29) is 0 Å². The number of hydrogen-bond donors (Lipinski definition) is 2. The molecule has 94 valence electrons. The van der Waals surface area contributed by atoms with Crippen LogP contribution < -0.4 is 5.32 Å². The summed E-state index contributed by atoms with van der Waals surface area (Å²) in [5.74, 6) is 3.75. The van der Waals surface area contributed by atoms with Crippen LogP contribution in [0.5, 0.6) is 0 Å². The molecule has 0 aromatic heterocycles. The maximum Gasteiger partial charge on any atom is 0.0869 e. The van der Waals surface area contributed by atoms with Gasteiger partial charge in [-0.3, -0.25) is 0 Å². The quantitative estimate of drug-likeness (QED) is 0.797. The molecule has 0 bridgehead atoms. The predicted octanol–water partition coefficient (Wildman–Crippen LogP) is 2.27. The Labute approximate surface area is 104 Å². The van der Waals surface area contributed by atoms with Crippen LogP contribution in [0.1, 0.15) is 39.5 Å². The highest BCUT2D eigenvalue weighted by molar-refractivity contribution is 7.99. The van der Waals surface area contributed by atoms with Crippen LogP contribution >= 0.6 is 11.8 Å². The second-order valence-corrected chi connectivity index (χ2v) is 6.98. The molecule has 1 heterocycles. The van der Waals surface area contributed by atoms with E-state index in [1.807, 2.05) is 11.8 Å². The Hall–Kier alpha value is 0.270. The van der Waals surface area contributed by atoms with E-state index < -0.39 is 5.60 Å². The van der Waals surface area contributed by atoms with Crippen molar-refractivity contribution in [2.24, 2.45) is 11.8 Å². The first-order valence-corrected chi connectivity index (χ1v) is 7.78. The van der Waals surface area contributed by atoms with Gasteiger partial charge in [-0.1, -0.05) is 13.8 Å². The van der Waals surface area contributed by atoms with E-state index in [9.17, 15) is 5.11 Å². The third-order valence-electron chi connectivity index (χ3n) is 4.40. The van der Waals surface area contributed by atoms with Crippen molar-refractivity contribution in [3.05, 3.63) is 0 Å². The molecule has 0 aromatic carbocycles. The van der Waals surface area contributed by atoms with Gasteiger partial charge in [0.1, 0.15) is 0 Å². The molecule has 0 unspecified atom stereocenters. The number of aliphatic hydroxyl groups is 1. The van der Waals surface area contributed by atoms with Crippen molar-refractivity contribution >= 4 is 11.8 Å². The van der Waals surface area contributed by atoms with Crippen molar-refractivity contribution in [1.29, 1.82) is 0 Å². The zero-order chi connectivity index (χ0) is 11.6. The summed E-state index contributed by atoms with van der Waals surface area (Å²) in [7, 11) is 0. The fourth-order valence-electron chi connectivity index (χ4n) is 2.80. The molecule has 16 heavy (non-hydrogen) atoms. The van der Waals surface area contributed by atoms with Crippen molar-refractivity contribution in [3.63, 3.8) is 0 Å². The molecule has 0 amide bonds. The lowest BCUT2D eigenvalue weighted by atomic mass is 9.79. The highest BCUT2D eigenvalue weighted by Gasteiger charge is 2.33. The van der Waals surface area contributed by atoms with Crippen molar-refractivity contribution in [2.75, 3.05) is 18.1 Å². The zero-order valence-corrected chi connectivity index (χ0v) is 11.4. The lowest BCUT2D eigenvalue weighted by molar-refractivity contribution is 0.0603. The maximum absolute atomic E-state index is 10.3. The minimum atomic E-state index is -0.420. The number of nitrogens with one attached hydrogen (secondary N) is 1. The van der Waals surface area contributed by atoms with E-state index in [1.165, 1.54) is 19.3 Å². The van der Waals surface area contributed by atoms with Crippen LogP contribution in [0.3, 0.4) is 0 Å². The van der Waals surface area contributed by atoms with Gasteiger partial charge in [0.15, 0.2) is 0 Å². The number of hydrogen-bond acceptors (Lipinski definition) is 3. The molecular weight excluding hydrogens is 218 g/mol. The van der Waals surface area contributed by atoms with Crippen LogP contribution in [0.2, 0.25) is 0 Å². The summed E-state index contributed by atoms with van der Waals surface area (Å²) in [5, 5.41) is 13.8. The molecule has 0 radical (unpaired) electrons. The summed E-state index contributed by atoms with van der Waals surface area (Å²) in [6, 6.07) is 0.640. The van der Waals surface area contributed by atoms with Gasteiger partial charge in [-0.15, -0.1) is 0 Å². The Kier molecular flexibility index (Phi) is 4.20. The number of rotatable bonds is 3. The van der Waals surface area contributed by atoms with Crippen molar-refractivity contribution in [3.8, 4) is 0 Å². The average Bonchev–Trinajstić information content (AvgIpc) is 2.68. The number of thioether (sulfide) groups is 1. The van der Waals surface area contributed by atoms with Gasteiger partial charge in [0.2, 0.25) is 0 Å². The van der Waals surface area contributed by atoms with Crippen LogP contribution in [0.15, 0.2) is 0 Å². The summed E-state index contributed by atoms with van der Waals surface area (Å²) in [6.45, 7) is 5.52. The Morgan fingerprint density at radius 3 is 2.75 bits per heavy atom. The molecular formula is C13H25NOS. The molecule has 1 saturated carbocycles. The van der Waals surface area contributed by atoms with E-state index in [4.69, 9.17) is 0 Å². The van der Waals surface area contributed by atoms with Gasteiger partial charge in [0.05, 0.1) is 5.60 Å². The van der Waals surface area contributed by atoms with Crippen molar-refractivity contribution < 1.29 is 5.11 Å². The largest absolute Gasteiger partial charge is 0.388 e. The van der Waals surface area contributed by atoms with Gasteiger partial charge >= 0.3 is 0 Å². The zero-order valence-electron chi connectivity index (χ0n) is 10.5. The first kappa shape index (κ1) is 12.7. The molecule has 0 aromatic rings. The fraction of sp³-hybridized carbons (Fsp3) is 1.00. The topological polar surface area (TPSA) is 32.3 Å². The molecule has 1 aliphatic heterocycles. The summed E-state index contributed by atoms with van der Waals surface area (Å²) >= 11 is 1.88. The van der Waals surface area contributed by atoms with Crippen LogP contribution in [0.4, 0.5) is 0 Å². The highest BCUT2D eigenvalue weighted by atomic mass is 32.2. The predicted molar refractivity (Wildman–Crippen MR) is 70.9 cm³/mol. The molecule has 2 rings (SSSR count). The third-order valence-corrected chi connectivity index (χ3v) is 5.63. The first-order valence-electron chi connectivity index (χ1n) is 6.62. The molecule has 2 nitrogen and oxygen atoms in total. The lowest BCUT2D eigenvalue weighted by Gasteiger charge is -2.34. The van der Waals surface area contributed by atoms with Gasteiger partial charge in [-0.2, -0.15) is 11.8 Å². The smallest absolute Gasteiger partial charge is 0.0869 e. The summed E-state index contributed by atoms with van der Waals surface area (Å²) in [5.41, 5.74) is -0.420. The summed E-state index contributed by atoms with van der Waals surface area (Å²) < 4.78 is 0. The van der Waals surface area contributed by atoms with Crippen LogP contribution in [0, 0.1) is 11.8 Å². The maximum atomic E-state index is 10.3. The molecule has 1 saturated heterocycles. The summed E-state index contributed by atoms with van der Waals surface area (Å²) in [6.07, 6.45) is 4.87. The van der Waals surface area contributed by atoms with Crippen LogP contribution in [-0.2, 0) is 0 Å². The van der Waals surface area contributed by atoms with E-state index in [1.54, 1.807) is 0 Å². The first-order chi connectivity index (χ1) is 7.59. The summed E-state index contributed by atoms with van der Waals surface area (Å²) in [4.78, 5) is 0. The van der Waals surface area contributed by atoms with Crippen molar-refractivity contribution in [2.45, 2.75) is 51.2 Å². The van der Waals surface area contributed by atoms with E-state index >= 15 is 0 Å². The van der Waals surface area contributed by atoms with Crippen LogP contribution in [0.25, 0.3) is 0 Å². The van der Waals surface area contributed by atoms with E-state index in [0.717, 1.165) is 36.3 Å². The molecule has 1 aliphatic carbocycles. The minimum absolute atomic E-state index is 0.420.